The lowest BCUT2D eigenvalue weighted by Crippen LogP contribution is -1.98. The van der Waals surface area contributed by atoms with Crippen LogP contribution in [0.5, 0.6) is 0 Å². The van der Waals surface area contributed by atoms with Crippen LogP contribution >= 0.6 is 23.2 Å². The zero-order valence-electron chi connectivity index (χ0n) is 11.9. The zero-order valence-corrected chi connectivity index (χ0v) is 13.4. The van der Waals surface area contributed by atoms with Crippen molar-refractivity contribution in [1.82, 2.24) is 0 Å². The molecule has 0 aliphatic heterocycles. The number of halogens is 2. The lowest BCUT2D eigenvalue weighted by atomic mass is 10.2. The van der Waals surface area contributed by atoms with Gasteiger partial charge in [0.2, 0.25) is 0 Å². The summed E-state index contributed by atoms with van der Waals surface area (Å²) in [5.41, 5.74) is 3.45. The van der Waals surface area contributed by atoms with E-state index < -0.39 is 0 Å². The first kappa shape index (κ1) is 15.6. The first-order chi connectivity index (χ1) is 10.1. The van der Waals surface area contributed by atoms with Gasteiger partial charge in [-0.25, -0.2) is 0 Å². The molecule has 2 nitrogen and oxygen atoms in total. The molecule has 0 saturated carbocycles. The van der Waals surface area contributed by atoms with Crippen molar-refractivity contribution in [3.8, 4) is 0 Å². The largest absolute Gasteiger partial charge is 0.359 e. The fourth-order valence-electron chi connectivity index (χ4n) is 1.90. The Morgan fingerprint density at radius 3 is 2.19 bits per heavy atom. The summed E-state index contributed by atoms with van der Waals surface area (Å²) in [4.78, 5) is 4.48. The van der Waals surface area contributed by atoms with E-state index in [4.69, 9.17) is 23.2 Å². The second-order valence-electron chi connectivity index (χ2n) is 4.64. The molecule has 0 aliphatic carbocycles. The highest BCUT2D eigenvalue weighted by atomic mass is 35.5. The molecule has 2 aromatic carbocycles. The van der Waals surface area contributed by atoms with Gasteiger partial charge in [0, 0.05) is 17.1 Å². The predicted octanol–water partition coefficient (Wildman–Crippen LogP) is 6.10. The number of rotatable bonds is 4. The summed E-state index contributed by atoms with van der Waals surface area (Å²) in [6, 6.07) is 15.3. The Labute approximate surface area is 135 Å². The standard InChI is InChI=1S/C17H16Cl2N2/c1-12(20-14-7-4-3-5-8-14)11-13(2)21-17-15(18)9-6-10-16(17)19/h3-11,20H,1-2H3/b12-11-,21-13?. The van der Waals surface area contributed by atoms with Gasteiger partial charge in [0.15, 0.2) is 0 Å². The van der Waals surface area contributed by atoms with Gasteiger partial charge < -0.3 is 5.32 Å². The monoisotopic (exact) mass is 318 g/mol. The Morgan fingerprint density at radius 1 is 0.952 bits per heavy atom. The fourth-order valence-corrected chi connectivity index (χ4v) is 2.38. The van der Waals surface area contributed by atoms with Gasteiger partial charge in [0.25, 0.3) is 0 Å². The van der Waals surface area contributed by atoms with Crippen LogP contribution in [0.2, 0.25) is 10.0 Å². The van der Waals surface area contributed by atoms with Crippen LogP contribution in [0.25, 0.3) is 0 Å². The Kier molecular flexibility index (Phi) is 5.43. The topological polar surface area (TPSA) is 24.4 Å². The fraction of sp³-hybridized carbons (Fsp3) is 0.118. The molecule has 0 radical (unpaired) electrons. The van der Waals surface area contributed by atoms with E-state index in [0.29, 0.717) is 15.7 Å². The molecule has 0 heterocycles. The van der Waals surface area contributed by atoms with Crippen LogP contribution in [0.15, 0.2) is 65.3 Å². The van der Waals surface area contributed by atoms with Crippen molar-refractivity contribution in [1.29, 1.82) is 0 Å². The number of allylic oxidation sites excluding steroid dienone is 2. The molecule has 1 N–H and O–H groups in total. The van der Waals surface area contributed by atoms with Crippen LogP contribution in [-0.2, 0) is 0 Å². The van der Waals surface area contributed by atoms with Crippen LogP contribution < -0.4 is 5.32 Å². The number of anilines is 1. The molecule has 21 heavy (non-hydrogen) atoms. The molecule has 0 saturated heterocycles. The maximum Gasteiger partial charge on any atom is 0.100 e. The van der Waals surface area contributed by atoms with Gasteiger partial charge in [-0.2, -0.15) is 0 Å². The lowest BCUT2D eigenvalue weighted by molar-refractivity contribution is 1.37. The highest BCUT2D eigenvalue weighted by Gasteiger charge is 2.03. The molecule has 0 unspecified atom stereocenters. The summed E-state index contributed by atoms with van der Waals surface area (Å²) in [7, 11) is 0. The van der Waals surface area contributed by atoms with E-state index in [9.17, 15) is 0 Å². The van der Waals surface area contributed by atoms with E-state index >= 15 is 0 Å². The van der Waals surface area contributed by atoms with Crippen molar-refractivity contribution < 1.29 is 0 Å². The summed E-state index contributed by atoms with van der Waals surface area (Å²) < 4.78 is 0. The number of hydrogen-bond acceptors (Lipinski definition) is 2. The van der Waals surface area contributed by atoms with E-state index in [-0.39, 0.29) is 0 Å². The highest BCUT2D eigenvalue weighted by molar-refractivity contribution is 6.38. The summed E-state index contributed by atoms with van der Waals surface area (Å²) in [5.74, 6) is 0. The SMILES string of the molecule is CC(/C=C(/C)Nc1ccccc1)=Nc1c(Cl)cccc1Cl. The van der Waals surface area contributed by atoms with Crippen LogP contribution in [0.3, 0.4) is 0 Å². The molecular formula is C17H16Cl2N2. The average molecular weight is 319 g/mol. The maximum atomic E-state index is 6.11. The molecule has 0 bridgehead atoms. The van der Waals surface area contributed by atoms with Gasteiger partial charge >= 0.3 is 0 Å². The maximum absolute atomic E-state index is 6.11. The Morgan fingerprint density at radius 2 is 1.57 bits per heavy atom. The third-order valence-electron chi connectivity index (χ3n) is 2.77. The second kappa shape index (κ2) is 7.30. The molecular weight excluding hydrogens is 303 g/mol. The molecule has 108 valence electrons. The van der Waals surface area contributed by atoms with E-state index in [1.807, 2.05) is 50.3 Å². The molecule has 2 rings (SSSR count). The van der Waals surface area contributed by atoms with E-state index in [2.05, 4.69) is 10.3 Å². The van der Waals surface area contributed by atoms with E-state index in [1.54, 1.807) is 18.2 Å². The third kappa shape index (κ3) is 4.62. The number of aliphatic imine (C=N–C) groups is 1. The van der Waals surface area contributed by atoms with Crippen LogP contribution in [0, 0.1) is 0 Å². The van der Waals surface area contributed by atoms with Crippen molar-refractivity contribution in [2.75, 3.05) is 5.32 Å². The molecule has 4 heteroatoms. The van der Waals surface area contributed by atoms with Crippen molar-refractivity contribution in [3.05, 3.63) is 70.3 Å². The minimum absolute atomic E-state index is 0.545. The summed E-state index contributed by atoms with van der Waals surface area (Å²) in [5, 5.41) is 4.39. The van der Waals surface area contributed by atoms with E-state index in [1.165, 1.54) is 0 Å². The molecule has 0 aromatic heterocycles. The molecule has 0 atom stereocenters. The number of benzene rings is 2. The number of para-hydroxylation sites is 2. The van der Waals surface area contributed by atoms with Gasteiger partial charge in [0.05, 0.1) is 10.0 Å². The van der Waals surface area contributed by atoms with Crippen molar-refractivity contribution in [3.63, 3.8) is 0 Å². The van der Waals surface area contributed by atoms with Gasteiger partial charge in [-0.3, -0.25) is 4.99 Å². The molecule has 2 aromatic rings. The predicted molar refractivity (Wildman–Crippen MR) is 93.1 cm³/mol. The minimum Gasteiger partial charge on any atom is -0.359 e. The Hall–Kier alpha value is -1.77. The van der Waals surface area contributed by atoms with Gasteiger partial charge in [-0.1, -0.05) is 47.5 Å². The van der Waals surface area contributed by atoms with E-state index in [0.717, 1.165) is 17.1 Å². The molecule has 0 fully saturated rings. The summed E-state index contributed by atoms with van der Waals surface area (Å²) in [6.45, 7) is 3.90. The molecule has 0 amide bonds. The minimum atomic E-state index is 0.545. The van der Waals surface area contributed by atoms with Gasteiger partial charge in [-0.15, -0.1) is 0 Å². The Balaban J connectivity index is 2.18. The average Bonchev–Trinajstić information content (AvgIpc) is 2.44. The van der Waals surface area contributed by atoms with Crippen LogP contribution in [0.4, 0.5) is 11.4 Å². The van der Waals surface area contributed by atoms with Crippen molar-refractivity contribution in [2.45, 2.75) is 13.8 Å². The lowest BCUT2D eigenvalue weighted by Gasteiger charge is -2.07. The summed E-state index contributed by atoms with van der Waals surface area (Å²) in [6.07, 6.45) is 1.95. The van der Waals surface area contributed by atoms with Gasteiger partial charge in [-0.05, 0) is 44.2 Å². The quantitative estimate of drug-likeness (QED) is 0.676. The first-order valence-electron chi connectivity index (χ1n) is 6.56. The smallest absolute Gasteiger partial charge is 0.100 e. The highest BCUT2D eigenvalue weighted by Crippen LogP contribution is 2.32. The number of hydrogen-bond donors (Lipinski definition) is 1. The first-order valence-corrected chi connectivity index (χ1v) is 7.31. The van der Waals surface area contributed by atoms with Crippen molar-refractivity contribution >= 4 is 40.3 Å². The third-order valence-corrected chi connectivity index (χ3v) is 3.38. The van der Waals surface area contributed by atoms with Crippen LogP contribution in [-0.4, -0.2) is 5.71 Å². The molecule has 0 aliphatic rings. The van der Waals surface area contributed by atoms with Gasteiger partial charge in [0.1, 0.15) is 5.69 Å². The number of nitrogens with zero attached hydrogens (tertiary/aromatic N) is 1. The zero-order chi connectivity index (χ0) is 15.2. The van der Waals surface area contributed by atoms with Crippen LogP contribution in [0.1, 0.15) is 13.8 Å². The number of nitrogens with one attached hydrogen (secondary N) is 1. The normalized spacial score (nSPS) is 12.4. The summed E-state index contributed by atoms with van der Waals surface area (Å²) >= 11 is 12.2. The van der Waals surface area contributed by atoms with Crippen molar-refractivity contribution in [2.24, 2.45) is 4.99 Å². The second-order valence-corrected chi connectivity index (χ2v) is 5.46. The Bertz CT molecular complexity index is 656. The molecule has 0 spiro atoms.